The Balaban J connectivity index is 0.00000108. The molecule has 3 rings (SSSR count). The van der Waals surface area contributed by atoms with Crippen molar-refractivity contribution in [1.82, 2.24) is 0 Å². The van der Waals surface area contributed by atoms with E-state index in [-0.39, 0.29) is 19.5 Å². The average molecular weight is 335 g/mol. The molecule has 3 aromatic heterocycles. The summed E-state index contributed by atoms with van der Waals surface area (Å²) in [6.07, 6.45) is 4.99. The Hall–Kier alpha value is -1.11. The summed E-state index contributed by atoms with van der Waals surface area (Å²) in [7, 11) is -0.835. The summed E-state index contributed by atoms with van der Waals surface area (Å²) in [5, 5.41) is 0. The Morgan fingerprint density at radius 2 is 1.00 bits per heavy atom. The monoisotopic (exact) mass is 335 g/mol. The maximum Gasteiger partial charge on any atom is 0.140 e. The van der Waals surface area contributed by atoms with E-state index in [9.17, 15) is 0 Å². The zero-order valence-electron chi connectivity index (χ0n) is 8.70. The third-order valence-electron chi connectivity index (χ3n) is 2.18. The fraction of sp³-hybridized carbons (Fsp3) is 0. The molecule has 0 aliphatic rings. The maximum atomic E-state index is 5.45. The predicted molar refractivity (Wildman–Crippen MR) is 61.9 cm³/mol. The van der Waals surface area contributed by atoms with Gasteiger partial charge in [-0.25, -0.2) is 0 Å². The van der Waals surface area contributed by atoms with E-state index in [1.54, 1.807) is 18.8 Å². The first-order chi connectivity index (χ1) is 7.95. The fourth-order valence-corrected chi connectivity index (χ4v) is 3.37. The Kier molecular flexibility index (Phi) is 3.99. The van der Waals surface area contributed by atoms with Crippen molar-refractivity contribution < 1.29 is 32.7 Å². The van der Waals surface area contributed by atoms with Crippen LogP contribution in [-0.2, 0) is 19.5 Å². The summed E-state index contributed by atoms with van der Waals surface area (Å²) in [6, 6.07) is 11.4. The third-order valence-corrected chi connectivity index (χ3v) is 4.27. The van der Waals surface area contributed by atoms with Crippen LogP contribution in [0.1, 0.15) is 0 Å². The molecule has 0 aliphatic carbocycles. The minimum Gasteiger partial charge on any atom is -0.464 e. The standard InChI is InChI=1S/C12H9O3P.Rh/c1-4-10(13-7-1)16(11-5-2-8-14-11)12-6-3-9-15-12;/h1-9H;. The van der Waals surface area contributed by atoms with E-state index in [0.29, 0.717) is 0 Å². The number of rotatable bonds is 3. The smallest absolute Gasteiger partial charge is 0.140 e. The van der Waals surface area contributed by atoms with Crippen molar-refractivity contribution in [1.29, 1.82) is 0 Å². The van der Waals surface area contributed by atoms with Gasteiger partial charge >= 0.3 is 0 Å². The molecular weight excluding hydrogens is 326 g/mol. The van der Waals surface area contributed by atoms with Gasteiger partial charge in [0.15, 0.2) is 0 Å². The van der Waals surface area contributed by atoms with Gasteiger partial charge in [-0.05, 0) is 36.4 Å². The molecule has 1 radical (unpaired) electrons. The Bertz CT molecular complexity index is 447. The van der Waals surface area contributed by atoms with Crippen LogP contribution in [0.2, 0.25) is 0 Å². The van der Waals surface area contributed by atoms with Crippen LogP contribution in [-0.4, -0.2) is 0 Å². The molecule has 0 bridgehead atoms. The zero-order chi connectivity index (χ0) is 10.8. The van der Waals surface area contributed by atoms with Gasteiger partial charge in [0, 0.05) is 19.5 Å². The first-order valence-electron chi connectivity index (χ1n) is 4.86. The van der Waals surface area contributed by atoms with Crippen molar-refractivity contribution in [2.45, 2.75) is 0 Å². The van der Waals surface area contributed by atoms with E-state index in [2.05, 4.69) is 0 Å². The summed E-state index contributed by atoms with van der Waals surface area (Å²) in [4.78, 5) is 0. The second kappa shape index (κ2) is 5.49. The van der Waals surface area contributed by atoms with Crippen molar-refractivity contribution in [2.75, 3.05) is 0 Å². The van der Waals surface area contributed by atoms with Crippen LogP contribution in [0.4, 0.5) is 0 Å². The molecule has 0 aliphatic heterocycles. The summed E-state index contributed by atoms with van der Waals surface area (Å²) in [5.41, 5.74) is 2.62. The molecule has 89 valence electrons. The fourth-order valence-electron chi connectivity index (χ4n) is 1.52. The third kappa shape index (κ3) is 2.43. The van der Waals surface area contributed by atoms with Gasteiger partial charge in [0.1, 0.15) is 24.4 Å². The summed E-state index contributed by atoms with van der Waals surface area (Å²) in [5.74, 6) is 0. The summed E-state index contributed by atoms with van der Waals surface area (Å²) < 4.78 is 16.4. The van der Waals surface area contributed by atoms with Crippen LogP contribution in [0.3, 0.4) is 0 Å². The predicted octanol–water partition coefficient (Wildman–Crippen LogP) is 2.22. The average Bonchev–Trinajstić information content (AvgIpc) is 3.02. The molecule has 0 fully saturated rings. The van der Waals surface area contributed by atoms with E-state index in [4.69, 9.17) is 13.3 Å². The maximum absolute atomic E-state index is 5.45. The quantitative estimate of drug-likeness (QED) is 0.544. The van der Waals surface area contributed by atoms with Crippen LogP contribution in [0.25, 0.3) is 0 Å². The second-order valence-electron chi connectivity index (χ2n) is 3.19. The molecule has 5 heteroatoms. The van der Waals surface area contributed by atoms with Crippen LogP contribution in [0, 0.1) is 0 Å². The van der Waals surface area contributed by atoms with Crippen LogP contribution >= 0.6 is 7.92 Å². The molecule has 0 aromatic carbocycles. The SMILES string of the molecule is [Rh].c1coc(P(c2ccco2)c2ccco2)c1. The minimum absolute atomic E-state index is 0. The van der Waals surface area contributed by atoms with Gasteiger partial charge in [-0.15, -0.1) is 0 Å². The van der Waals surface area contributed by atoms with Crippen molar-refractivity contribution in [3.05, 3.63) is 55.2 Å². The van der Waals surface area contributed by atoms with Crippen molar-refractivity contribution in [3.63, 3.8) is 0 Å². The van der Waals surface area contributed by atoms with Gasteiger partial charge in [-0.2, -0.15) is 0 Å². The molecule has 3 nitrogen and oxygen atoms in total. The van der Waals surface area contributed by atoms with Gasteiger partial charge in [-0.1, -0.05) is 0 Å². The number of furan rings is 3. The molecule has 0 N–H and O–H groups in total. The van der Waals surface area contributed by atoms with Gasteiger partial charge in [0.25, 0.3) is 0 Å². The Morgan fingerprint density at radius 1 is 0.647 bits per heavy atom. The largest absolute Gasteiger partial charge is 0.464 e. The van der Waals surface area contributed by atoms with Crippen LogP contribution < -0.4 is 16.5 Å². The number of hydrogen-bond donors (Lipinski definition) is 0. The van der Waals surface area contributed by atoms with E-state index in [1.165, 1.54) is 0 Å². The van der Waals surface area contributed by atoms with Crippen molar-refractivity contribution in [3.8, 4) is 0 Å². The molecule has 0 spiro atoms. The molecule has 0 saturated carbocycles. The van der Waals surface area contributed by atoms with E-state index < -0.39 is 7.92 Å². The summed E-state index contributed by atoms with van der Waals surface area (Å²) in [6.45, 7) is 0. The van der Waals surface area contributed by atoms with E-state index >= 15 is 0 Å². The Labute approximate surface area is 112 Å². The minimum atomic E-state index is -0.835. The normalized spacial score (nSPS) is 10.4. The van der Waals surface area contributed by atoms with Gasteiger partial charge in [0.2, 0.25) is 0 Å². The molecule has 3 heterocycles. The Morgan fingerprint density at radius 3 is 1.24 bits per heavy atom. The molecular formula is C12H9O3PRh. The van der Waals surface area contributed by atoms with Crippen molar-refractivity contribution in [2.24, 2.45) is 0 Å². The molecule has 17 heavy (non-hydrogen) atoms. The molecule has 0 atom stereocenters. The van der Waals surface area contributed by atoms with Crippen molar-refractivity contribution >= 4 is 24.4 Å². The van der Waals surface area contributed by atoms with Gasteiger partial charge in [0.05, 0.1) is 18.8 Å². The van der Waals surface area contributed by atoms with Crippen LogP contribution in [0.5, 0.6) is 0 Å². The first kappa shape index (κ1) is 12.4. The molecule has 0 saturated heterocycles. The molecule has 0 amide bonds. The number of hydrogen-bond acceptors (Lipinski definition) is 3. The molecule has 0 unspecified atom stereocenters. The molecule has 3 aromatic rings. The first-order valence-corrected chi connectivity index (χ1v) is 6.20. The van der Waals surface area contributed by atoms with E-state index in [1.807, 2.05) is 36.4 Å². The zero-order valence-corrected chi connectivity index (χ0v) is 11.2. The van der Waals surface area contributed by atoms with Crippen LogP contribution in [0.15, 0.2) is 68.4 Å². The van der Waals surface area contributed by atoms with E-state index in [0.717, 1.165) is 16.5 Å². The van der Waals surface area contributed by atoms with Gasteiger partial charge in [-0.3, -0.25) is 0 Å². The topological polar surface area (TPSA) is 39.4 Å². The summed E-state index contributed by atoms with van der Waals surface area (Å²) >= 11 is 0. The van der Waals surface area contributed by atoms with Gasteiger partial charge < -0.3 is 13.3 Å². The second-order valence-corrected chi connectivity index (χ2v) is 5.18.